The fourth-order valence-corrected chi connectivity index (χ4v) is 1.88. The lowest BCUT2D eigenvalue weighted by atomic mass is 10.2. The molecule has 1 aromatic carbocycles. The summed E-state index contributed by atoms with van der Waals surface area (Å²) in [6.07, 6.45) is 0. The van der Waals surface area contributed by atoms with Crippen molar-refractivity contribution >= 4 is 17.7 Å². The zero-order valence-electron chi connectivity index (χ0n) is 8.45. The first kappa shape index (κ1) is 11.1. The van der Waals surface area contributed by atoms with E-state index in [4.69, 9.17) is 4.74 Å². The van der Waals surface area contributed by atoms with Crippen molar-refractivity contribution in [1.29, 1.82) is 0 Å². The van der Waals surface area contributed by atoms with Gasteiger partial charge in [-0.15, -0.1) is 11.8 Å². The van der Waals surface area contributed by atoms with Gasteiger partial charge in [0.25, 0.3) is 0 Å². The number of rotatable bonds is 4. The van der Waals surface area contributed by atoms with E-state index in [9.17, 15) is 4.79 Å². The number of hydrogen-bond donors (Lipinski definition) is 0. The highest BCUT2D eigenvalue weighted by atomic mass is 32.2. The number of benzene rings is 1. The number of aryl methyl sites for hydroxylation is 1. The number of carbonyl (C=O) groups excluding carboxylic acids is 1. The van der Waals surface area contributed by atoms with E-state index in [0.717, 1.165) is 4.90 Å². The average molecular weight is 210 g/mol. The van der Waals surface area contributed by atoms with Crippen molar-refractivity contribution < 1.29 is 9.53 Å². The molecule has 0 N–H and O–H groups in total. The van der Waals surface area contributed by atoms with Crippen molar-refractivity contribution in [2.24, 2.45) is 0 Å². The highest BCUT2D eigenvalue weighted by molar-refractivity contribution is 8.00. The van der Waals surface area contributed by atoms with Gasteiger partial charge in [0.1, 0.15) is 0 Å². The van der Waals surface area contributed by atoms with Crippen LogP contribution in [-0.4, -0.2) is 18.3 Å². The Hall–Kier alpha value is -0.960. The Morgan fingerprint density at radius 2 is 2.14 bits per heavy atom. The van der Waals surface area contributed by atoms with Gasteiger partial charge in [0, 0.05) is 4.90 Å². The van der Waals surface area contributed by atoms with E-state index >= 15 is 0 Å². The summed E-state index contributed by atoms with van der Waals surface area (Å²) in [4.78, 5) is 12.2. The minimum absolute atomic E-state index is 0.152. The highest BCUT2D eigenvalue weighted by Gasteiger charge is 2.04. The van der Waals surface area contributed by atoms with E-state index in [0.29, 0.717) is 12.4 Å². The average Bonchev–Trinajstić information content (AvgIpc) is 2.17. The lowest BCUT2D eigenvalue weighted by Gasteiger charge is -2.04. The van der Waals surface area contributed by atoms with Crippen molar-refractivity contribution in [3.05, 3.63) is 29.8 Å². The highest BCUT2D eigenvalue weighted by Crippen LogP contribution is 2.21. The molecule has 0 saturated heterocycles. The van der Waals surface area contributed by atoms with Crippen LogP contribution in [0.25, 0.3) is 0 Å². The van der Waals surface area contributed by atoms with Gasteiger partial charge in [0.05, 0.1) is 12.4 Å². The molecule has 0 heterocycles. The Bertz CT molecular complexity index is 310. The molecule has 0 saturated carbocycles. The van der Waals surface area contributed by atoms with E-state index in [1.807, 2.05) is 38.1 Å². The predicted molar refractivity (Wildman–Crippen MR) is 58.5 cm³/mol. The number of carbonyl (C=O) groups is 1. The van der Waals surface area contributed by atoms with Crippen LogP contribution in [0.1, 0.15) is 12.5 Å². The van der Waals surface area contributed by atoms with E-state index in [-0.39, 0.29) is 5.97 Å². The van der Waals surface area contributed by atoms with E-state index in [2.05, 4.69) is 0 Å². The third-order valence-electron chi connectivity index (χ3n) is 1.74. The first-order valence-corrected chi connectivity index (χ1v) is 5.56. The van der Waals surface area contributed by atoms with Crippen LogP contribution in [0, 0.1) is 6.92 Å². The Labute approximate surface area is 88.7 Å². The maximum atomic E-state index is 11.1. The largest absolute Gasteiger partial charge is 0.465 e. The number of hydrogen-bond acceptors (Lipinski definition) is 3. The zero-order valence-corrected chi connectivity index (χ0v) is 9.26. The molecular weight excluding hydrogens is 196 g/mol. The minimum Gasteiger partial charge on any atom is -0.465 e. The van der Waals surface area contributed by atoms with E-state index < -0.39 is 0 Å². The summed E-state index contributed by atoms with van der Waals surface area (Å²) >= 11 is 1.52. The van der Waals surface area contributed by atoms with Gasteiger partial charge in [-0.25, -0.2) is 0 Å². The first-order chi connectivity index (χ1) is 6.74. The lowest BCUT2D eigenvalue weighted by molar-refractivity contribution is -0.139. The molecule has 3 heteroatoms. The van der Waals surface area contributed by atoms with Crippen LogP contribution in [0.3, 0.4) is 0 Å². The summed E-state index contributed by atoms with van der Waals surface area (Å²) in [5.41, 5.74) is 1.20. The zero-order chi connectivity index (χ0) is 10.4. The first-order valence-electron chi connectivity index (χ1n) is 4.58. The van der Waals surface area contributed by atoms with Gasteiger partial charge in [0.15, 0.2) is 0 Å². The molecule has 0 atom stereocenters. The van der Waals surface area contributed by atoms with Crippen molar-refractivity contribution in [3.8, 4) is 0 Å². The SMILES string of the molecule is CCOC(=O)CSc1ccccc1C. The summed E-state index contributed by atoms with van der Waals surface area (Å²) in [5.74, 6) is 0.236. The molecule has 0 aliphatic carbocycles. The van der Waals surface area contributed by atoms with Crippen LogP contribution in [0.4, 0.5) is 0 Å². The fraction of sp³-hybridized carbons (Fsp3) is 0.364. The summed E-state index contributed by atoms with van der Waals surface area (Å²) < 4.78 is 4.84. The second kappa shape index (κ2) is 5.70. The molecule has 0 radical (unpaired) electrons. The van der Waals surface area contributed by atoms with Crippen LogP contribution < -0.4 is 0 Å². The molecule has 1 aromatic rings. The molecule has 1 rings (SSSR count). The molecular formula is C11H14O2S. The molecule has 76 valence electrons. The van der Waals surface area contributed by atoms with Gasteiger partial charge >= 0.3 is 5.97 Å². The topological polar surface area (TPSA) is 26.3 Å². The molecule has 0 spiro atoms. The second-order valence-electron chi connectivity index (χ2n) is 2.86. The Kier molecular flexibility index (Phi) is 4.53. The number of thioether (sulfide) groups is 1. The van der Waals surface area contributed by atoms with E-state index in [1.54, 1.807) is 0 Å². The van der Waals surface area contributed by atoms with Crippen molar-refractivity contribution in [2.45, 2.75) is 18.7 Å². The quantitative estimate of drug-likeness (QED) is 0.564. The maximum Gasteiger partial charge on any atom is 0.316 e. The monoisotopic (exact) mass is 210 g/mol. The standard InChI is InChI=1S/C11H14O2S/c1-3-13-11(12)8-14-10-7-5-4-6-9(10)2/h4-7H,3,8H2,1-2H3. The lowest BCUT2D eigenvalue weighted by Crippen LogP contribution is -2.06. The molecule has 0 aliphatic heterocycles. The van der Waals surface area contributed by atoms with Crippen LogP contribution in [0.15, 0.2) is 29.2 Å². The molecule has 0 aliphatic rings. The van der Waals surface area contributed by atoms with Gasteiger partial charge in [-0.05, 0) is 25.5 Å². The van der Waals surface area contributed by atoms with Gasteiger partial charge < -0.3 is 4.74 Å². The molecule has 0 amide bonds. The van der Waals surface area contributed by atoms with Crippen molar-refractivity contribution in [2.75, 3.05) is 12.4 Å². The molecule has 0 bridgehead atoms. The summed E-state index contributed by atoms with van der Waals surface area (Å²) in [6.45, 7) is 4.30. The third-order valence-corrected chi connectivity index (χ3v) is 2.89. The van der Waals surface area contributed by atoms with Crippen molar-refractivity contribution in [1.82, 2.24) is 0 Å². The summed E-state index contributed by atoms with van der Waals surface area (Å²) in [6, 6.07) is 8.01. The van der Waals surface area contributed by atoms with Gasteiger partial charge in [-0.3, -0.25) is 4.79 Å². The summed E-state index contributed by atoms with van der Waals surface area (Å²) in [5, 5.41) is 0. The number of esters is 1. The molecule has 2 nitrogen and oxygen atoms in total. The van der Waals surface area contributed by atoms with Crippen molar-refractivity contribution in [3.63, 3.8) is 0 Å². The maximum absolute atomic E-state index is 11.1. The second-order valence-corrected chi connectivity index (χ2v) is 3.88. The Balaban J connectivity index is 2.46. The van der Waals surface area contributed by atoms with Crippen LogP contribution in [0.5, 0.6) is 0 Å². The van der Waals surface area contributed by atoms with Crippen LogP contribution in [0.2, 0.25) is 0 Å². The predicted octanol–water partition coefficient (Wildman–Crippen LogP) is 2.65. The number of ether oxygens (including phenoxy) is 1. The summed E-state index contributed by atoms with van der Waals surface area (Å²) in [7, 11) is 0. The third kappa shape index (κ3) is 3.42. The van der Waals surface area contributed by atoms with E-state index in [1.165, 1.54) is 17.3 Å². The fourth-order valence-electron chi connectivity index (χ4n) is 1.06. The molecule has 0 unspecified atom stereocenters. The molecule has 0 fully saturated rings. The minimum atomic E-state index is -0.152. The normalized spacial score (nSPS) is 9.86. The van der Waals surface area contributed by atoms with Gasteiger partial charge in [-0.1, -0.05) is 18.2 Å². The van der Waals surface area contributed by atoms with Gasteiger partial charge in [0.2, 0.25) is 0 Å². The Morgan fingerprint density at radius 1 is 1.43 bits per heavy atom. The van der Waals surface area contributed by atoms with Crippen LogP contribution >= 0.6 is 11.8 Å². The smallest absolute Gasteiger partial charge is 0.316 e. The Morgan fingerprint density at radius 3 is 2.79 bits per heavy atom. The van der Waals surface area contributed by atoms with Gasteiger partial charge in [-0.2, -0.15) is 0 Å². The molecule has 14 heavy (non-hydrogen) atoms. The van der Waals surface area contributed by atoms with Crippen LogP contribution in [-0.2, 0) is 9.53 Å². The molecule has 0 aromatic heterocycles.